The van der Waals surface area contributed by atoms with Crippen LogP contribution in [-0.2, 0) is 11.3 Å². The Balaban J connectivity index is 1.93. The monoisotopic (exact) mass is 248 g/mol. The molecule has 7 nitrogen and oxygen atoms in total. The summed E-state index contributed by atoms with van der Waals surface area (Å²) in [5.74, 6) is -0.506. The van der Waals surface area contributed by atoms with Gasteiger partial charge < -0.3 is 14.5 Å². The lowest BCUT2D eigenvalue weighted by Gasteiger charge is -1.99. The Morgan fingerprint density at radius 3 is 3.17 bits per heavy atom. The summed E-state index contributed by atoms with van der Waals surface area (Å²) >= 11 is 0. The van der Waals surface area contributed by atoms with Gasteiger partial charge in [-0.2, -0.15) is 15.2 Å². The normalized spacial score (nSPS) is 10.1. The first-order valence-electron chi connectivity index (χ1n) is 5.42. The first-order chi connectivity index (χ1) is 8.79. The molecule has 0 unspecified atom stereocenters. The molecule has 2 rings (SSSR count). The standard InChI is InChI=1S/C11H12N4O3/c1-2-17-10(16)9-7-18-11(14-9)12-6-8-4-3-5-13-15-8/h3-5,7H,2,6H2,1H3,(H,12,14). The van der Waals surface area contributed by atoms with Gasteiger partial charge in [0.25, 0.3) is 6.01 Å². The molecule has 0 fully saturated rings. The van der Waals surface area contributed by atoms with Crippen molar-refractivity contribution in [2.45, 2.75) is 13.5 Å². The van der Waals surface area contributed by atoms with E-state index in [-0.39, 0.29) is 11.7 Å². The summed E-state index contributed by atoms with van der Waals surface area (Å²) < 4.78 is 9.88. The molecule has 1 N–H and O–H groups in total. The van der Waals surface area contributed by atoms with Crippen LogP contribution in [0.15, 0.2) is 29.0 Å². The van der Waals surface area contributed by atoms with E-state index in [1.165, 1.54) is 6.26 Å². The number of aromatic nitrogens is 3. The third kappa shape index (κ3) is 3.03. The molecule has 0 aromatic carbocycles. The van der Waals surface area contributed by atoms with E-state index in [4.69, 9.17) is 9.15 Å². The summed E-state index contributed by atoms with van der Waals surface area (Å²) in [5, 5.41) is 10.5. The largest absolute Gasteiger partial charge is 0.461 e. The van der Waals surface area contributed by atoms with Crippen LogP contribution in [-0.4, -0.2) is 27.8 Å². The Hall–Kier alpha value is -2.44. The number of carbonyl (C=O) groups excluding carboxylic acids is 1. The van der Waals surface area contributed by atoms with E-state index in [0.717, 1.165) is 5.69 Å². The van der Waals surface area contributed by atoms with Gasteiger partial charge in [-0.3, -0.25) is 0 Å². The maximum Gasteiger partial charge on any atom is 0.360 e. The quantitative estimate of drug-likeness (QED) is 0.796. The van der Waals surface area contributed by atoms with Crippen molar-refractivity contribution < 1.29 is 13.9 Å². The number of rotatable bonds is 5. The number of ether oxygens (including phenoxy) is 1. The van der Waals surface area contributed by atoms with Crippen LogP contribution >= 0.6 is 0 Å². The van der Waals surface area contributed by atoms with Crippen molar-refractivity contribution in [2.24, 2.45) is 0 Å². The minimum absolute atomic E-state index is 0.137. The lowest BCUT2D eigenvalue weighted by atomic mass is 10.4. The summed E-state index contributed by atoms with van der Waals surface area (Å²) in [6.07, 6.45) is 2.84. The van der Waals surface area contributed by atoms with E-state index in [0.29, 0.717) is 13.2 Å². The zero-order valence-electron chi connectivity index (χ0n) is 9.79. The van der Waals surface area contributed by atoms with Crippen LogP contribution in [0.2, 0.25) is 0 Å². The van der Waals surface area contributed by atoms with Crippen molar-refractivity contribution in [3.8, 4) is 0 Å². The summed E-state index contributed by atoms with van der Waals surface area (Å²) in [6.45, 7) is 2.44. The number of hydrogen-bond acceptors (Lipinski definition) is 7. The Morgan fingerprint density at radius 2 is 2.44 bits per heavy atom. The first kappa shape index (κ1) is 12.0. The Morgan fingerprint density at radius 1 is 1.56 bits per heavy atom. The number of esters is 1. The van der Waals surface area contributed by atoms with Crippen LogP contribution in [0.4, 0.5) is 6.01 Å². The number of hydrogen-bond donors (Lipinski definition) is 1. The molecule has 0 spiro atoms. The fourth-order valence-corrected chi connectivity index (χ4v) is 1.25. The smallest absolute Gasteiger partial charge is 0.360 e. The van der Waals surface area contributed by atoms with E-state index in [1.807, 2.05) is 6.07 Å². The summed E-state index contributed by atoms with van der Waals surface area (Å²) in [7, 11) is 0. The number of carbonyl (C=O) groups is 1. The second kappa shape index (κ2) is 5.76. The molecular weight excluding hydrogens is 236 g/mol. The Labute approximate surface area is 103 Å². The molecule has 94 valence electrons. The van der Waals surface area contributed by atoms with Gasteiger partial charge >= 0.3 is 5.97 Å². The van der Waals surface area contributed by atoms with E-state index in [1.54, 1.807) is 19.2 Å². The van der Waals surface area contributed by atoms with Gasteiger partial charge in [-0.25, -0.2) is 4.79 Å². The minimum atomic E-state index is -0.506. The average molecular weight is 248 g/mol. The van der Waals surface area contributed by atoms with Crippen molar-refractivity contribution in [1.82, 2.24) is 15.2 Å². The molecule has 0 bridgehead atoms. The number of nitrogens with one attached hydrogen (secondary N) is 1. The fraction of sp³-hybridized carbons (Fsp3) is 0.273. The molecule has 0 aliphatic carbocycles. The lowest BCUT2D eigenvalue weighted by Crippen LogP contribution is -2.06. The Kier molecular flexibility index (Phi) is 3.85. The molecule has 2 heterocycles. The minimum Gasteiger partial charge on any atom is -0.461 e. The highest BCUT2D eigenvalue weighted by atomic mass is 16.5. The maximum atomic E-state index is 11.3. The Bertz CT molecular complexity index is 512. The van der Waals surface area contributed by atoms with Crippen LogP contribution in [0.25, 0.3) is 0 Å². The van der Waals surface area contributed by atoms with E-state index >= 15 is 0 Å². The van der Waals surface area contributed by atoms with Crippen LogP contribution < -0.4 is 5.32 Å². The topological polar surface area (TPSA) is 90.1 Å². The molecule has 0 aliphatic rings. The highest BCUT2D eigenvalue weighted by Gasteiger charge is 2.12. The molecular formula is C11H12N4O3. The zero-order valence-corrected chi connectivity index (χ0v) is 9.79. The van der Waals surface area contributed by atoms with Gasteiger partial charge in [0.1, 0.15) is 6.26 Å². The molecule has 0 radical (unpaired) electrons. The molecule has 2 aromatic rings. The van der Waals surface area contributed by atoms with Crippen LogP contribution in [0.5, 0.6) is 0 Å². The van der Waals surface area contributed by atoms with Gasteiger partial charge in [-0.15, -0.1) is 0 Å². The van der Waals surface area contributed by atoms with Crippen LogP contribution in [0.3, 0.4) is 0 Å². The molecule has 0 saturated carbocycles. The molecule has 2 aromatic heterocycles. The van der Waals surface area contributed by atoms with Gasteiger partial charge in [0, 0.05) is 6.20 Å². The van der Waals surface area contributed by atoms with Gasteiger partial charge in [0.05, 0.1) is 18.8 Å². The van der Waals surface area contributed by atoms with Crippen molar-refractivity contribution in [3.05, 3.63) is 36.0 Å². The number of anilines is 1. The van der Waals surface area contributed by atoms with E-state index in [2.05, 4.69) is 20.5 Å². The summed E-state index contributed by atoms with van der Waals surface area (Å²) in [5.41, 5.74) is 0.881. The first-order valence-corrected chi connectivity index (χ1v) is 5.42. The van der Waals surface area contributed by atoms with Crippen LogP contribution in [0.1, 0.15) is 23.1 Å². The maximum absolute atomic E-state index is 11.3. The van der Waals surface area contributed by atoms with Gasteiger partial charge in [0.15, 0.2) is 5.69 Å². The van der Waals surface area contributed by atoms with Gasteiger partial charge in [-0.1, -0.05) is 0 Å². The molecule has 18 heavy (non-hydrogen) atoms. The van der Waals surface area contributed by atoms with Crippen molar-refractivity contribution in [3.63, 3.8) is 0 Å². The van der Waals surface area contributed by atoms with Crippen molar-refractivity contribution >= 4 is 12.0 Å². The fourth-order valence-electron chi connectivity index (χ4n) is 1.25. The molecule has 0 aliphatic heterocycles. The molecule has 0 atom stereocenters. The highest BCUT2D eigenvalue weighted by molar-refractivity contribution is 5.87. The second-order valence-corrected chi connectivity index (χ2v) is 3.33. The highest BCUT2D eigenvalue weighted by Crippen LogP contribution is 2.09. The second-order valence-electron chi connectivity index (χ2n) is 3.33. The van der Waals surface area contributed by atoms with Crippen molar-refractivity contribution in [2.75, 3.05) is 11.9 Å². The average Bonchev–Trinajstić information content (AvgIpc) is 2.87. The van der Waals surface area contributed by atoms with Gasteiger partial charge in [-0.05, 0) is 19.1 Å². The third-order valence-corrected chi connectivity index (χ3v) is 2.04. The number of nitrogens with zero attached hydrogens (tertiary/aromatic N) is 3. The predicted molar refractivity (Wildman–Crippen MR) is 61.8 cm³/mol. The van der Waals surface area contributed by atoms with E-state index in [9.17, 15) is 4.79 Å². The molecule has 0 saturated heterocycles. The summed E-state index contributed by atoms with van der Waals surface area (Å²) in [4.78, 5) is 15.3. The number of oxazole rings is 1. The zero-order chi connectivity index (χ0) is 12.8. The third-order valence-electron chi connectivity index (χ3n) is 2.04. The summed E-state index contributed by atoms with van der Waals surface area (Å²) in [6, 6.07) is 3.84. The molecule has 0 amide bonds. The van der Waals surface area contributed by atoms with Crippen molar-refractivity contribution in [1.29, 1.82) is 0 Å². The van der Waals surface area contributed by atoms with Gasteiger partial charge in [0.2, 0.25) is 0 Å². The van der Waals surface area contributed by atoms with E-state index < -0.39 is 5.97 Å². The molecule has 7 heteroatoms. The predicted octanol–water partition coefficient (Wildman–Crippen LogP) is 1.25. The lowest BCUT2D eigenvalue weighted by molar-refractivity contribution is 0.0519. The SMILES string of the molecule is CCOC(=O)c1coc(NCc2cccnn2)n1. The van der Waals surface area contributed by atoms with Crippen LogP contribution in [0, 0.1) is 0 Å².